The molecule has 1 fully saturated rings. The van der Waals surface area contributed by atoms with Crippen LogP contribution in [0.3, 0.4) is 0 Å². The summed E-state index contributed by atoms with van der Waals surface area (Å²) >= 11 is 0. The maximum absolute atomic E-state index is 6.15. The Morgan fingerprint density at radius 1 is 0.900 bits per heavy atom. The van der Waals surface area contributed by atoms with Crippen molar-refractivity contribution in [2.45, 2.75) is 13.8 Å². The first-order valence-corrected chi connectivity index (χ1v) is 10.6. The van der Waals surface area contributed by atoms with Crippen LogP contribution in [0.15, 0.2) is 67.0 Å². The van der Waals surface area contributed by atoms with Crippen molar-refractivity contribution in [2.24, 2.45) is 5.92 Å². The highest BCUT2D eigenvalue weighted by atomic mass is 16.5. The molecular weight excluding hydrogens is 374 g/mol. The summed E-state index contributed by atoms with van der Waals surface area (Å²) in [6.07, 6.45) is 3.55. The van der Waals surface area contributed by atoms with Gasteiger partial charge in [0.15, 0.2) is 0 Å². The van der Waals surface area contributed by atoms with E-state index in [1.165, 1.54) is 0 Å². The molecular formula is C24H29N5O. The molecule has 30 heavy (non-hydrogen) atoms. The van der Waals surface area contributed by atoms with Gasteiger partial charge in [0.05, 0.1) is 0 Å². The number of piperazine rings is 1. The molecule has 0 bridgehead atoms. The van der Waals surface area contributed by atoms with Crippen LogP contribution in [0.5, 0.6) is 11.6 Å². The number of nitrogens with zero attached hydrogens (tertiary/aromatic N) is 4. The van der Waals surface area contributed by atoms with Gasteiger partial charge < -0.3 is 15.0 Å². The average molecular weight is 404 g/mol. The van der Waals surface area contributed by atoms with Gasteiger partial charge >= 0.3 is 0 Å². The Labute approximate surface area is 178 Å². The van der Waals surface area contributed by atoms with Gasteiger partial charge in [0.1, 0.15) is 17.3 Å². The van der Waals surface area contributed by atoms with Crippen molar-refractivity contribution >= 4 is 17.2 Å². The van der Waals surface area contributed by atoms with E-state index in [-0.39, 0.29) is 0 Å². The van der Waals surface area contributed by atoms with Crippen molar-refractivity contribution < 1.29 is 4.74 Å². The summed E-state index contributed by atoms with van der Waals surface area (Å²) in [4.78, 5) is 13.7. The number of pyridine rings is 2. The van der Waals surface area contributed by atoms with Gasteiger partial charge in [-0.1, -0.05) is 19.9 Å². The van der Waals surface area contributed by atoms with E-state index in [1.54, 1.807) is 12.4 Å². The third-order valence-electron chi connectivity index (χ3n) is 5.09. The van der Waals surface area contributed by atoms with Gasteiger partial charge in [-0.05, 0) is 54.4 Å². The average Bonchev–Trinajstić information content (AvgIpc) is 2.77. The fourth-order valence-corrected chi connectivity index (χ4v) is 3.69. The van der Waals surface area contributed by atoms with E-state index >= 15 is 0 Å². The predicted octanol–water partition coefficient (Wildman–Crippen LogP) is 4.79. The van der Waals surface area contributed by atoms with Crippen molar-refractivity contribution in [2.75, 3.05) is 42.9 Å². The maximum Gasteiger partial charge on any atom is 0.243 e. The highest BCUT2D eigenvalue weighted by Crippen LogP contribution is 2.31. The Kier molecular flexibility index (Phi) is 6.44. The van der Waals surface area contributed by atoms with Crippen LogP contribution in [0, 0.1) is 5.92 Å². The predicted molar refractivity (Wildman–Crippen MR) is 122 cm³/mol. The topological polar surface area (TPSA) is 53.5 Å². The van der Waals surface area contributed by atoms with Crippen molar-refractivity contribution in [3.05, 3.63) is 67.0 Å². The molecule has 3 aromatic rings. The highest BCUT2D eigenvalue weighted by molar-refractivity contribution is 5.59. The fourth-order valence-electron chi connectivity index (χ4n) is 3.69. The van der Waals surface area contributed by atoms with Crippen LogP contribution in [0.2, 0.25) is 0 Å². The Balaban J connectivity index is 1.41. The lowest BCUT2D eigenvalue weighted by Crippen LogP contribution is -2.47. The van der Waals surface area contributed by atoms with Crippen LogP contribution >= 0.6 is 0 Å². The first-order chi connectivity index (χ1) is 14.7. The van der Waals surface area contributed by atoms with E-state index in [0.29, 0.717) is 11.8 Å². The standard InChI is InChI=1S/C24H29N5O/c1-19(2)18-28-14-16-29(17-15-28)22-6-5-13-26-24(22)30-21-10-8-20(9-11-21)27-23-7-3-4-12-25-23/h3-13,19H,14-18H2,1-2H3,(H,25,27). The number of hydrogen-bond acceptors (Lipinski definition) is 6. The number of rotatable bonds is 7. The van der Waals surface area contributed by atoms with E-state index in [0.717, 1.165) is 55.7 Å². The summed E-state index contributed by atoms with van der Waals surface area (Å²) in [6.45, 7) is 9.82. The molecule has 0 spiro atoms. The molecule has 0 saturated carbocycles. The van der Waals surface area contributed by atoms with Crippen LogP contribution in [-0.4, -0.2) is 47.6 Å². The molecule has 3 heterocycles. The lowest BCUT2D eigenvalue weighted by molar-refractivity contribution is 0.231. The molecule has 4 rings (SSSR count). The molecule has 6 heteroatoms. The summed E-state index contributed by atoms with van der Waals surface area (Å²) in [5.74, 6) is 2.93. The summed E-state index contributed by atoms with van der Waals surface area (Å²) in [5, 5.41) is 3.28. The smallest absolute Gasteiger partial charge is 0.243 e. The molecule has 0 unspecified atom stereocenters. The van der Waals surface area contributed by atoms with Gasteiger partial charge in [0, 0.05) is 50.8 Å². The van der Waals surface area contributed by atoms with Gasteiger partial charge in [-0.25, -0.2) is 9.97 Å². The molecule has 0 atom stereocenters. The summed E-state index contributed by atoms with van der Waals surface area (Å²) < 4.78 is 6.15. The van der Waals surface area contributed by atoms with E-state index in [1.807, 2.05) is 48.5 Å². The summed E-state index contributed by atoms with van der Waals surface area (Å²) in [5.41, 5.74) is 2.01. The highest BCUT2D eigenvalue weighted by Gasteiger charge is 2.21. The molecule has 6 nitrogen and oxygen atoms in total. The molecule has 156 valence electrons. The molecule has 0 amide bonds. The van der Waals surface area contributed by atoms with Crippen LogP contribution in [-0.2, 0) is 0 Å². The lowest BCUT2D eigenvalue weighted by Gasteiger charge is -2.37. The third kappa shape index (κ3) is 5.27. The molecule has 1 aliphatic rings. The molecule has 1 saturated heterocycles. The molecule has 0 aliphatic carbocycles. The van der Waals surface area contributed by atoms with Crippen molar-refractivity contribution in [1.29, 1.82) is 0 Å². The molecule has 1 aliphatic heterocycles. The van der Waals surface area contributed by atoms with E-state index < -0.39 is 0 Å². The first kappa shape index (κ1) is 20.2. The Morgan fingerprint density at radius 3 is 2.37 bits per heavy atom. The number of aromatic nitrogens is 2. The molecule has 1 N–H and O–H groups in total. The zero-order valence-corrected chi connectivity index (χ0v) is 17.7. The first-order valence-electron chi connectivity index (χ1n) is 10.6. The summed E-state index contributed by atoms with van der Waals surface area (Å²) in [7, 11) is 0. The summed E-state index contributed by atoms with van der Waals surface area (Å²) in [6, 6.07) is 17.7. The van der Waals surface area contributed by atoms with Gasteiger partial charge in [0.25, 0.3) is 0 Å². The molecule has 0 radical (unpaired) electrons. The normalized spacial score (nSPS) is 14.7. The monoisotopic (exact) mass is 403 g/mol. The number of anilines is 3. The second-order valence-electron chi connectivity index (χ2n) is 7.98. The van der Waals surface area contributed by atoms with Crippen molar-refractivity contribution in [3.8, 4) is 11.6 Å². The number of hydrogen-bond donors (Lipinski definition) is 1. The number of ether oxygens (including phenoxy) is 1. The Hall–Kier alpha value is -3.12. The minimum Gasteiger partial charge on any atom is -0.437 e. The maximum atomic E-state index is 6.15. The van der Waals surface area contributed by atoms with Gasteiger partial charge in [-0.3, -0.25) is 4.90 Å². The van der Waals surface area contributed by atoms with Gasteiger partial charge in [-0.15, -0.1) is 0 Å². The van der Waals surface area contributed by atoms with Crippen LogP contribution in [0.4, 0.5) is 17.2 Å². The Morgan fingerprint density at radius 2 is 1.67 bits per heavy atom. The number of benzene rings is 1. The molecule has 2 aromatic heterocycles. The van der Waals surface area contributed by atoms with E-state index in [4.69, 9.17) is 4.74 Å². The molecule has 1 aromatic carbocycles. The van der Waals surface area contributed by atoms with E-state index in [9.17, 15) is 0 Å². The van der Waals surface area contributed by atoms with Crippen molar-refractivity contribution in [3.63, 3.8) is 0 Å². The number of nitrogens with one attached hydrogen (secondary N) is 1. The second-order valence-corrected chi connectivity index (χ2v) is 7.98. The second kappa shape index (κ2) is 9.59. The Bertz CT molecular complexity index is 922. The SMILES string of the molecule is CC(C)CN1CCN(c2cccnc2Oc2ccc(Nc3ccccn3)cc2)CC1. The van der Waals surface area contributed by atoms with Crippen molar-refractivity contribution in [1.82, 2.24) is 14.9 Å². The fraction of sp³-hybridized carbons (Fsp3) is 0.333. The van der Waals surface area contributed by atoms with Crippen LogP contribution in [0.1, 0.15) is 13.8 Å². The minimum absolute atomic E-state index is 0.653. The van der Waals surface area contributed by atoms with Crippen LogP contribution < -0.4 is 15.0 Å². The van der Waals surface area contributed by atoms with Gasteiger partial charge in [-0.2, -0.15) is 0 Å². The van der Waals surface area contributed by atoms with E-state index in [2.05, 4.69) is 45.0 Å². The quantitative estimate of drug-likeness (QED) is 0.612. The lowest BCUT2D eigenvalue weighted by atomic mass is 10.2. The van der Waals surface area contributed by atoms with Gasteiger partial charge in [0.2, 0.25) is 5.88 Å². The third-order valence-corrected chi connectivity index (χ3v) is 5.09. The zero-order valence-electron chi connectivity index (χ0n) is 17.7. The zero-order chi connectivity index (χ0) is 20.8. The minimum atomic E-state index is 0.653. The largest absolute Gasteiger partial charge is 0.437 e. The van der Waals surface area contributed by atoms with Crippen LogP contribution in [0.25, 0.3) is 0 Å².